The van der Waals surface area contributed by atoms with E-state index in [2.05, 4.69) is 4.90 Å². The number of rotatable bonds is 3. The Balaban J connectivity index is 1.64. The number of esters is 1. The molecule has 2 aromatic rings. The Morgan fingerprint density at radius 2 is 1.83 bits per heavy atom. The molecular weight excluding hydrogens is 397 g/mol. The molecule has 0 radical (unpaired) electrons. The molecule has 2 heterocycles. The molecule has 8 heteroatoms. The van der Waals surface area contributed by atoms with Crippen LogP contribution in [0.15, 0.2) is 42.5 Å². The zero-order valence-electron chi connectivity index (χ0n) is 17.0. The molecule has 1 fully saturated rings. The fourth-order valence-electron chi connectivity index (χ4n) is 3.88. The van der Waals surface area contributed by atoms with Gasteiger partial charge in [0.15, 0.2) is 0 Å². The van der Waals surface area contributed by atoms with Crippen LogP contribution in [0.1, 0.15) is 19.4 Å². The molecule has 0 saturated carbocycles. The van der Waals surface area contributed by atoms with Crippen molar-refractivity contribution >= 4 is 23.0 Å². The van der Waals surface area contributed by atoms with Crippen LogP contribution < -0.4 is 14.5 Å². The number of nitrogens with zero attached hydrogens (tertiary/aromatic N) is 2. The Morgan fingerprint density at radius 3 is 2.50 bits per heavy atom. The summed E-state index contributed by atoms with van der Waals surface area (Å²) in [5, 5.41) is 0. The quantitative estimate of drug-likeness (QED) is 0.678. The first-order valence-electron chi connectivity index (χ1n) is 9.68. The summed E-state index contributed by atoms with van der Waals surface area (Å²) in [7, 11) is 1.38. The first-order chi connectivity index (χ1) is 14.1. The molecule has 0 N–H and O–H groups in total. The maximum Gasteiger partial charge on any atom is 0.416 e. The van der Waals surface area contributed by atoms with Crippen LogP contribution in [0.4, 0.5) is 30.2 Å². The Morgan fingerprint density at radius 1 is 1.13 bits per heavy atom. The summed E-state index contributed by atoms with van der Waals surface area (Å²) in [6.45, 7) is 5.35. The van der Waals surface area contributed by atoms with Gasteiger partial charge in [0.25, 0.3) is 0 Å². The fraction of sp³-hybridized carbons (Fsp3) is 0.409. The van der Waals surface area contributed by atoms with E-state index in [1.165, 1.54) is 13.2 Å². The predicted octanol–water partition coefficient (Wildman–Crippen LogP) is 4.62. The molecule has 5 nitrogen and oxygen atoms in total. The van der Waals surface area contributed by atoms with E-state index in [0.717, 1.165) is 23.5 Å². The van der Waals surface area contributed by atoms with E-state index in [-0.39, 0.29) is 17.6 Å². The molecule has 2 aliphatic heterocycles. The van der Waals surface area contributed by atoms with Crippen molar-refractivity contribution in [2.24, 2.45) is 5.92 Å². The van der Waals surface area contributed by atoms with Crippen molar-refractivity contribution < 1.29 is 27.4 Å². The first kappa shape index (κ1) is 20.4. The van der Waals surface area contributed by atoms with Gasteiger partial charge in [-0.25, -0.2) is 0 Å². The molecule has 0 aromatic heterocycles. The van der Waals surface area contributed by atoms with Gasteiger partial charge in [0.05, 0.1) is 30.8 Å². The minimum Gasteiger partial charge on any atom is -0.484 e. The minimum atomic E-state index is -4.43. The summed E-state index contributed by atoms with van der Waals surface area (Å²) in [6.07, 6.45) is -4.43. The smallest absolute Gasteiger partial charge is 0.416 e. The molecule has 0 spiro atoms. The lowest BCUT2D eigenvalue weighted by atomic mass is 9.99. The number of fused-ring (bicyclic) bond motifs is 1. The second-order valence-corrected chi connectivity index (χ2v) is 8.27. The molecule has 2 aliphatic rings. The van der Waals surface area contributed by atoms with Gasteiger partial charge in [-0.15, -0.1) is 0 Å². The summed E-state index contributed by atoms with van der Waals surface area (Å²) in [6, 6.07) is 11.4. The minimum absolute atomic E-state index is 0.137. The van der Waals surface area contributed by atoms with Crippen LogP contribution in [0.5, 0.6) is 5.75 Å². The summed E-state index contributed by atoms with van der Waals surface area (Å²) >= 11 is 0. The van der Waals surface area contributed by atoms with Gasteiger partial charge in [0, 0.05) is 24.5 Å². The molecule has 0 atom stereocenters. The Bertz CT molecular complexity index is 968. The molecule has 160 valence electrons. The summed E-state index contributed by atoms with van der Waals surface area (Å²) in [4.78, 5) is 15.7. The number of methoxy groups -OCH3 is 1. The number of alkyl halides is 3. The SMILES string of the molecule is COC(=O)C1CN(c2cccc(N3CC(C)(C)Oc4cc(C(F)(F)F)ccc43)c2)C1. The number of benzene rings is 2. The van der Waals surface area contributed by atoms with E-state index < -0.39 is 17.3 Å². The molecule has 2 aromatic carbocycles. The number of ether oxygens (including phenoxy) is 2. The van der Waals surface area contributed by atoms with Crippen molar-refractivity contribution in [2.45, 2.75) is 25.6 Å². The van der Waals surface area contributed by atoms with Crippen molar-refractivity contribution in [3.05, 3.63) is 48.0 Å². The van der Waals surface area contributed by atoms with E-state index in [1.807, 2.05) is 43.0 Å². The van der Waals surface area contributed by atoms with Crippen LogP contribution in [0, 0.1) is 5.92 Å². The zero-order chi connectivity index (χ0) is 21.7. The van der Waals surface area contributed by atoms with Gasteiger partial charge in [-0.1, -0.05) is 6.07 Å². The van der Waals surface area contributed by atoms with Crippen molar-refractivity contribution in [3.8, 4) is 5.75 Å². The molecule has 30 heavy (non-hydrogen) atoms. The molecule has 4 rings (SSSR count). The monoisotopic (exact) mass is 420 g/mol. The number of anilines is 3. The Labute approximate surface area is 173 Å². The van der Waals surface area contributed by atoms with Gasteiger partial charge < -0.3 is 19.3 Å². The standard InChI is InChI=1S/C22H23F3N2O3/c1-21(2)13-27(18-8-7-15(22(23,24)25)9-19(18)30-21)17-6-4-5-16(10-17)26-11-14(12-26)20(28)29-3/h4-10,14H,11-13H2,1-3H3. The van der Waals surface area contributed by atoms with Gasteiger partial charge >= 0.3 is 12.1 Å². The van der Waals surface area contributed by atoms with E-state index in [0.29, 0.717) is 25.3 Å². The first-order valence-corrected chi connectivity index (χ1v) is 9.68. The fourth-order valence-corrected chi connectivity index (χ4v) is 3.88. The normalized spacial score (nSPS) is 18.3. The maximum atomic E-state index is 13.2. The highest BCUT2D eigenvalue weighted by Gasteiger charge is 2.37. The number of carbonyl (C=O) groups is 1. The van der Waals surface area contributed by atoms with Gasteiger partial charge in [0.2, 0.25) is 0 Å². The van der Waals surface area contributed by atoms with E-state index in [1.54, 1.807) is 0 Å². The second-order valence-electron chi connectivity index (χ2n) is 8.27. The third-order valence-corrected chi connectivity index (χ3v) is 5.43. The second kappa shape index (κ2) is 7.11. The van der Waals surface area contributed by atoms with Crippen molar-refractivity contribution in [3.63, 3.8) is 0 Å². The van der Waals surface area contributed by atoms with Crippen LogP contribution in [0.2, 0.25) is 0 Å². The molecule has 1 saturated heterocycles. The van der Waals surface area contributed by atoms with Crippen LogP contribution in [-0.4, -0.2) is 38.3 Å². The van der Waals surface area contributed by atoms with E-state index >= 15 is 0 Å². The highest BCUT2D eigenvalue weighted by atomic mass is 19.4. The van der Waals surface area contributed by atoms with Crippen molar-refractivity contribution in [1.82, 2.24) is 0 Å². The van der Waals surface area contributed by atoms with Crippen molar-refractivity contribution in [1.29, 1.82) is 0 Å². The lowest BCUT2D eigenvalue weighted by Gasteiger charge is -2.42. The Kier molecular flexibility index (Phi) is 4.83. The zero-order valence-corrected chi connectivity index (χ0v) is 17.0. The molecule has 0 unspecified atom stereocenters. The number of hydrogen-bond donors (Lipinski definition) is 0. The molecule has 0 amide bonds. The van der Waals surface area contributed by atoms with Gasteiger partial charge in [-0.05, 0) is 50.2 Å². The molecule has 0 bridgehead atoms. The van der Waals surface area contributed by atoms with Crippen LogP contribution in [0.3, 0.4) is 0 Å². The lowest BCUT2D eigenvalue weighted by Crippen LogP contribution is -2.51. The molecule has 0 aliphatic carbocycles. The van der Waals surface area contributed by atoms with Crippen LogP contribution in [0.25, 0.3) is 0 Å². The summed E-state index contributed by atoms with van der Waals surface area (Å²) in [5.74, 6) is -0.143. The van der Waals surface area contributed by atoms with Crippen molar-refractivity contribution in [2.75, 3.05) is 36.5 Å². The average molecular weight is 420 g/mol. The third-order valence-electron chi connectivity index (χ3n) is 5.43. The van der Waals surface area contributed by atoms with Crippen LogP contribution in [-0.2, 0) is 15.7 Å². The summed E-state index contributed by atoms with van der Waals surface area (Å²) < 4.78 is 50.1. The van der Waals surface area contributed by atoms with Crippen LogP contribution >= 0.6 is 0 Å². The predicted molar refractivity (Wildman–Crippen MR) is 107 cm³/mol. The highest BCUT2D eigenvalue weighted by Crippen LogP contribution is 2.44. The number of hydrogen-bond acceptors (Lipinski definition) is 5. The summed E-state index contributed by atoms with van der Waals surface area (Å²) in [5.41, 5.74) is 0.995. The Hall–Kier alpha value is -2.90. The third kappa shape index (κ3) is 3.78. The van der Waals surface area contributed by atoms with Gasteiger partial charge in [-0.3, -0.25) is 4.79 Å². The van der Waals surface area contributed by atoms with E-state index in [9.17, 15) is 18.0 Å². The topological polar surface area (TPSA) is 42.0 Å². The van der Waals surface area contributed by atoms with Gasteiger partial charge in [0.1, 0.15) is 11.4 Å². The number of halogens is 3. The largest absolute Gasteiger partial charge is 0.484 e. The lowest BCUT2D eigenvalue weighted by molar-refractivity contribution is -0.146. The average Bonchev–Trinajstić information content (AvgIpc) is 2.64. The highest BCUT2D eigenvalue weighted by molar-refractivity contribution is 5.78. The van der Waals surface area contributed by atoms with Gasteiger partial charge in [-0.2, -0.15) is 13.2 Å². The van der Waals surface area contributed by atoms with E-state index in [4.69, 9.17) is 9.47 Å². The molecular formula is C22H23F3N2O3. The number of carbonyl (C=O) groups excluding carboxylic acids is 1. The maximum absolute atomic E-state index is 13.2.